The molecule has 2 fully saturated rings. The van der Waals surface area contributed by atoms with Crippen molar-refractivity contribution in [3.8, 4) is 0 Å². The third kappa shape index (κ3) is 1.11. The van der Waals surface area contributed by atoms with Gasteiger partial charge >= 0.3 is 0 Å². The summed E-state index contributed by atoms with van der Waals surface area (Å²) in [6.45, 7) is 1.89. The molecule has 0 radical (unpaired) electrons. The Bertz CT molecular complexity index is 151. The number of carbonyl (C=O) groups excluding carboxylic acids is 1. The summed E-state index contributed by atoms with van der Waals surface area (Å²) in [4.78, 5) is 10.9. The number of piperidine rings is 1. The van der Waals surface area contributed by atoms with Crippen molar-refractivity contribution in [1.29, 1.82) is 0 Å². The molecule has 2 aliphatic heterocycles. The molecule has 0 aromatic heterocycles. The maximum atomic E-state index is 10.9. The maximum Gasteiger partial charge on any atom is 0.237 e. The first-order valence-electron chi connectivity index (χ1n) is 3.37. The Hall–Kier alpha value is -0.280. The first-order chi connectivity index (χ1) is 4.36. The minimum Gasteiger partial charge on any atom is -0.354 e. The van der Waals surface area contributed by atoms with Crippen LogP contribution in [0.3, 0.4) is 0 Å². The number of hydrogen-bond donors (Lipinski definition) is 2. The first-order valence-corrected chi connectivity index (χ1v) is 3.37. The van der Waals surface area contributed by atoms with E-state index in [0.717, 1.165) is 19.5 Å². The molecule has 2 atom stereocenters. The number of carbonyl (C=O) groups is 1. The minimum absolute atomic E-state index is 0. The molecule has 1 amide bonds. The highest BCUT2D eigenvalue weighted by molar-refractivity contribution is 5.85. The standard InChI is InChI=1S/C6H10N2O.ClH/c9-6-5-1-4(2-7-5)3-8-6;/h4-5,7H,1-3H2,(H,8,9);1H. The van der Waals surface area contributed by atoms with Gasteiger partial charge in [-0.05, 0) is 12.3 Å². The van der Waals surface area contributed by atoms with Crippen molar-refractivity contribution < 1.29 is 4.79 Å². The molecule has 2 heterocycles. The van der Waals surface area contributed by atoms with E-state index >= 15 is 0 Å². The largest absolute Gasteiger partial charge is 0.354 e. The summed E-state index contributed by atoms with van der Waals surface area (Å²) in [6.07, 6.45) is 1.05. The van der Waals surface area contributed by atoms with E-state index in [0.29, 0.717) is 5.92 Å². The summed E-state index contributed by atoms with van der Waals surface area (Å²) in [7, 11) is 0. The van der Waals surface area contributed by atoms with Crippen LogP contribution in [0, 0.1) is 5.92 Å². The van der Waals surface area contributed by atoms with Crippen molar-refractivity contribution in [3.05, 3.63) is 0 Å². The molecular formula is C6H11ClN2O. The van der Waals surface area contributed by atoms with Gasteiger partial charge in [0.15, 0.2) is 0 Å². The monoisotopic (exact) mass is 162 g/mol. The predicted molar refractivity (Wildman–Crippen MR) is 40.2 cm³/mol. The Morgan fingerprint density at radius 2 is 2.20 bits per heavy atom. The van der Waals surface area contributed by atoms with E-state index in [1.54, 1.807) is 0 Å². The van der Waals surface area contributed by atoms with Gasteiger partial charge in [-0.25, -0.2) is 0 Å². The molecule has 2 bridgehead atoms. The summed E-state index contributed by atoms with van der Waals surface area (Å²) in [6, 6.07) is 0.128. The fourth-order valence-electron chi connectivity index (χ4n) is 1.53. The van der Waals surface area contributed by atoms with Gasteiger partial charge in [0.2, 0.25) is 5.91 Å². The molecule has 4 heteroatoms. The summed E-state index contributed by atoms with van der Waals surface area (Å²) >= 11 is 0. The Kier molecular flexibility index (Phi) is 2.16. The lowest BCUT2D eigenvalue weighted by molar-refractivity contribution is -0.123. The van der Waals surface area contributed by atoms with Crippen molar-refractivity contribution in [2.75, 3.05) is 13.1 Å². The molecule has 0 aromatic rings. The van der Waals surface area contributed by atoms with E-state index in [1.165, 1.54) is 0 Å². The van der Waals surface area contributed by atoms with Crippen LogP contribution in [0.1, 0.15) is 6.42 Å². The topological polar surface area (TPSA) is 41.1 Å². The highest BCUT2D eigenvalue weighted by Gasteiger charge is 2.33. The van der Waals surface area contributed by atoms with Crippen LogP contribution in [0.25, 0.3) is 0 Å². The van der Waals surface area contributed by atoms with Crippen LogP contribution in [0.15, 0.2) is 0 Å². The summed E-state index contributed by atoms with van der Waals surface area (Å²) in [5.41, 5.74) is 0. The molecule has 10 heavy (non-hydrogen) atoms. The molecule has 0 saturated carbocycles. The van der Waals surface area contributed by atoms with E-state index in [1.807, 2.05) is 0 Å². The van der Waals surface area contributed by atoms with Gasteiger partial charge in [-0.1, -0.05) is 0 Å². The summed E-state index contributed by atoms with van der Waals surface area (Å²) in [5.74, 6) is 0.886. The highest BCUT2D eigenvalue weighted by Crippen LogP contribution is 2.16. The van der Waals surface area contributed by atoms with Crippen LogP contribution in [-0.4, -0.2) is 25.0 Å². The first kappa shape index (κ1) is 7.82. The van der Waals surface area contributed by atoms with Gasteiger partial charge in [0.05, 0.1) is 6.04 Å². The van der Waals surface area contributed by atoms with Crippen molar-refractivity contribution in [2.45, 2.75) is 12.5 Å². The zero-order chi connectivity index (χ0) is 6.27. The fourth-order valence-corrected chi connectivity index (χ4v) is 1.53. The van der Waals surface area contributed by atoms with Crippen LogP contribution in [0.2, 0.25) is 0 Å². The van der Waals surface area contributed by atoms with Crippen molar-refractivity contribution >= 4 is 18.3 Å². The second kappa shape index (κ2) is 2.76. The zero-order valence-corrected chi connectivity index (χ0v) is 6.41. The summed E-state index contributed by atoms with van der Waals surface area (Å²) < 4.78 is 0. The third-order valence-electron chi connectivity index (χ3n) is 2.10. The van der Waals surface area contributed by atoms with Crippen molar-refractivity contribution in [3.63, 3.8) is 0 Å². The van der Waals surface area contributed by atoms with E-state index in [4.69, 9.17) is 0 Å². The molecular weight excluding hydrogens is 152 g/mol. The number of nitrogens with one attached hydrogen (secondary N) is 2. The fraction of sp³-hybridized carbons (Fsp3) is 0.833. The second-order valence-corrected chi connectivity index (χ2v) is 2.81. The zero-order valence-electron chi connectivity index (χ0n) is 5.59. The van der Waals surface area contributed by atoms with Gasteiger partial charge in [0, 0.05) is 13.1 Å². The van der Waals surface area contributed by atoms with Gasteiger partial charge in [0.25, 0.3) is 0 Å². The number of fused-ring (bicyclic) bond motifs is 2. The molecule has 2 rings (SSSR count). The van der Waals surface area contributed by atoms with Crippen molar-refractivity contribution in [1.82, 2.24) is 10.6 Å². The van der Waals surface area contributed by atoms with Crippen molar-refractivity contribution in [2.24, 2.45) is 5.92 Å². The SMILES string of the molecule is Cl.O=C1NCC2CNC1C2. The molecule has 0 spiro atoms. The molecule has 58 valence electrons. The number of hydrogen-bond acceptors (Lipinski definition) is 2. The molecule has 3 nitrogen and oxygen atoms in total. The van der Waals surface area contributed by atoms with Gasteiger partial charge in [-0.2, -0.15) is 0 Å². The highest BCUT2D eigenvalue weighted by atomic mass is 35.5. The Morgan fingerprint density at radius 3 is 2.90 bits per heavy atom. The molecule has 2 unspecified atom stereocenters. The second-order valence-electron chi connectivity index (χ2n) is 2.81. The van der Waals surface area contributed by atoms with E-state index in [2.05, 4.69) is 10.6 Å². The van der Waals surface area contributed by atoms with Gasteiger partial charge in [-0.15, -0.1) is 12.4 Å². The average Bonchev–Trinajstić information content (AvgIpc) is 2.25. The Labute approximate surface area is 66.0 Å². The third-order valence-corrected chi connectivity index (χ3v) is 2.10. The number of halogens is 1. The smallest absolute Gasteiger partial charge is 0.237 e. The van der Waals surface area contributed by atoms with Gasteiger partial charge < -0.3 is 10.6 Å². The molecule has 2 N–H and O–H groups in total. The minimum atomic E-state index is 0. The predicted octanol–water partition coefficient (Wildman–Crippen LogP) is -0.484. The normalized spacial score (nSPS) is 36.6. The average molecular weight is 163 g/mol. The van der Waals surface area contributed by atoms with Crippen LogP contribution >= 0.6 is 12.4 Å². The molecule has 0 aromatic carbocycles. The number of amides is 1. The molecule has 2 saturated heterocycles. The lowest BCUT2D eigenvalue weighted by Crippen LogP contribution is -2.43. The van der Waals surface area contributed by atoms with Crippen LogP contribution in [0.5, 0.6) is 0 Å². The summed E-state index contributed by atoms with van der Waals surface area (Å²) in [5, 5.41) is 6.00. The molecule has 2 aliphatic rings. The lowest BCUT2D eigenvalue weighted by atomic mass is 10.0. The molecule has 0 aliphatic carbocycles. The van der Waals surface area contributed by atoms with Crippen LogP contribution < -0.4 is 10.6 Å². The van der Waals surface area contributed by atoms with E-state index < -0.39 is 0 Å². The number of rotatable bonds is 0. The van der Waals surface area contributed by atoms with Gasteiger partial charge in [-0.3, -0.25) is 4.79 Å². The maximum absolute atomic E-state index is 10.9. The van der Waals surface area contributed by atoms with Crippen LogP contribution in [0.4, 0.5) is 0 Å². The lowest BCUT2D eigenvalue weighted by Gasteiger charge is -2.17. The van der Waals surface area contributed by atoms with Crippen LogP contribution in [-0.2, 0) is 4.79 Å². The van der Waals surface area contributed by atoms with E-state index in [9.17, 15) is 4.79 Å². The Morgan fingerprint density at radius 1 is 1.40 bits per heavy atom. The Balaban J connectivity index is 0.000000500. The quantitative estimate of drug-likeness (QED) is 0.505. The van der Waals surface area contributed by atoms with E-state index in [-0.39, 0.29) is 24.4 Å². The van der Waals surface area contributed by atoms with Gasteiger partial charge in [0.1, 0.15) is 0 Å².